The van der Waals surface area contributed by atoms with Crippen LogP contribution in [0.5, 0.6) is 0 Å². The standard InChI is InChI=1S/C43H57F3O6/c1-30(28-47)41(49)51-23-5-8-33-25-34(9-6-24-52-42(50)31(2)29-48)27-40(26-33)39-20-18-38(19-21-39)37-16-14-36(15-17-37)35-12-10-32(11-13-35)7-3-4-22-43(44,45)46/h18-21,25-27,32,35-37,47-48H,1-17,22-24,28-29H2. The van der Waals surface area contributed by atoms with Crippen LogP contribution < -0.4 is 0 Å². The highest BCUT2D eigenvalue weighted by atomic mass is 19.4. The number of hydrogen-bond donors (Lipinski definition) is 2. The number of aliphatic hydroxyl groups excluding tert-OH is 2. The second-order valence-corrected chi connectivity index (χ2v) is 14.9. The Bertz CT molecular complexity index is 1400. The molecular weight excluding hydrogens is 669 g/mol. The monoisotopic (exact) mass is 726 g/mol. The van der Waals surface area contributed by atoms with Crippen LogP contribution in [-0.4, -0.2) is 54.8 Å². The van der Waals surface area contributed by atoms with Gasteiger partial charge in [-0.3, -0.25) is 0 Å². The zero-order valence-corrected chi connectivity index (χ0v) is 30.6. The van der Waals surface area contributed by atoms with Crippen molar-refractivity contribution in [2.45, 2.75) is 115 Å². The lowest BCUT2D eigenvalue weighted by Gasteiger charge is -2.38. The van der Waals surface area contributed by atoms with E-state index in [0.29, 0.717) is 43.9 Å². The van der Waals surface area contributed by atoms with Crippen LogP contribution in [0.2, 0.25) is 0 Å². The number of hydrogen-bond acceptors (Lipinski definition) is 6. The van der Waals surface area contributed by atoms with E-state index < -0.39 is 37.7 Å². The van der Waals surface area contributed by atoms with E-state index in [2.05, 4.69) is 55.6 Å². The molecule has 0 heterocycles. The Morgan fingerprint density at radius 3 is 1.65 bits per heavy atom. The van der Waals surface area contributed by atoms with Crippen LogP contribution in [0.15, 0.2) is 66.8 Å². The third-order valence-corrected chi connectivity index (χ3v) is 11.1. The molecule has 2 N–H and O–H groups in total. The molecule has 2 aromatic carbocycles. The number of rotatable bonds is 19. The molecule has 0 radical (unpaired) electrons. The summed E-state index contributed by atoms with van der Waals surface area (Å²) in [5, 5.41) is 18.2. The van der Waals surface area contributed by atoms with Gasteiger partial charge in [0.1, 0.15) is 0 Å². The fraction of sp³-hybridized carbons (Fsp3) is 0.581. The van der Waals surface area contributed by atoms with Crippen molar-refractivity contribution in [2.75, 3.05) is 26.4 Å². The van der Waals surface area contributed by atoms with Gasteiger partial charge in [-0.25, -0.2) is 9.59 Å². The molecule has 52 heavy (non-hydrogen) atoms. The maximum absolute atomic E-state index is 12.5. The number of carbonyl (C=O) groups excluding carboxylic acids is 2. The molecule has 286 valence electrons. The summed E-state index contributed by atoms with van der Waals surface area (Å²) >= 11 is 0. The van der Waals surface area contributed by atoms with Gasteiger partial charge in [0, 0.05) is 6.42 Å². The number of aryl methyl sites for hydroxylation is 2. The lowest BCUT2D eigenvalue weighted by atomic mass is 9.68. The molecule has 0 amide bonds. The van der Waals surface area contributed by atoms with Gasteiger partial charge in [-0.1, -0.05) is 81.3 Å². The number of esters is 2. The normalized spacial score (nSPS) is 20.6. The Kier molecular flexibility index (Phi) is 16.5. The topological polar surface area (TPSA) is 93.1 Å². The highest BCUT2D eigenvalue weighted by Gasteiger charge is 2.32. The molecule has 6 nitrogen and oxygen atoms in total. The quantitative estimate of drug-likeness (QED) is 0.0851. The molecule has 0 saturated heterocycles. The Labute approximate surface area is 307 Å². The predicted octanol–water partition coefficient (Wildman–Crippen LogP) is 9.61. The van der Waals surface area contributed by atoms with Crippen molar-refractivity contribution in [2.24, 2.45) is 17.8 Å². The molecule has 2 aliphatic rings. The SMILES string of the molecule is C=C(CO)C(=O)OCCCc1cc(CCCOC(=O)C(=C)CO)cc(-c2ccc(C3CCC(C4CCC(CCCCC(F)(F)F)CC4)CC3)cc2)c1. The predicted molar refractivity (Wildman–Crippen MR) is 198 cm³/mol. The van der Waals surface area contributed by atoms with Gasteiger partial charge in [-0.15, -0.1) is 0 Å². The second kappa shape index (κ2) is 20.7. The van der Waals surface area contributed by atoms with Gasteiger partial charge in [0.25, 0.3) is 0 Å². The van der Waals surface area contributed by atoms with Crippen molar-refractivity contribution in [3.05, 3.63) is 83.5 Å². The molecule has 2 aromatic rings. The summed E-state index contributed by atoms with van der Waals surface area (Å²) < 4.78 is 47.9. The minimum Gasteiger partial charge on any atom is -0.462 e. The van der Waals surface area contributed by atoms with E-state index in [9.17, 15) is 22.8 Å². The van der Waals surface area contributed by atoms with Crippen molar-refractivity contribution in [3.8, 4) is 11.1 Å². The first-order chi connectivity index (χ1) is 25.0. The van der Waals surface area contributed by atoms with Crippen LogP contribution in [-0.2, 0) is 31.9 Å². The van der Waals surface area contributed by atoms with Gasteiger partial charge >= 0.3 is 18.1 Å². The van der Waals surface area contributed by atoms with Crippen molar-refractivity contribution in [1.29, 1.82) is 0 Å². The van der Waals surface area contributed by atoms with Crippen LogP contribution in [0.1, 0.15) is 112 Å². The number of unbranched alkanes of at least 4 members (excludes halogenated alkanes) is 1. The second-order valence-electron chi connectivity index (χ2n) is 14.9. The lowest BCUT2D eigenvalue weighted by molar-refractivity contribution is -0.140. The molecule has 2 fully saturated rings. The highest BCUT2D eigenvalue weighted by Crippen LogP contribution is 2.45. The highest BCUT2D eigenvalue weighted by molar-refractivity contribution is 5.88. The van der Waals surface area contributed by atoms with E-state index in [1.54, 1.807) is 0 Å². The Hall–Kier alpha value is -3.43. The van der Waals surface area contributed by atoms with Crippen molar-refractivity contribution >= 4 is 11.9 Å². The number of carbonyl (C=O) groups is 2. The van der Waals surface area contributed by atoms with Crippen molar-refractivity contribution < 1.29 is 42.4 Å². The minimum atomic E-state index is -4.03. The van der Waals surface area contributed by atoms with Crippen molar-refractivity contribution in [3.63, 3.8) is 0 Å². The number of ether oxygens (including phenoxy) is 2. The molecule has 2 aliphatic carbocycles. The molecule has 2 saturated carbocycles. The van der Waals surface area contributed by atoms with Gasteiger partial charge in [-0.2, -0.15) is 13.2 Å². The summed E-state index contributed by atoms with van der Waals surface area (Å²) in [6.45, 7) is 6.58. The van der Waals surface area contributed by atoms with E-state index >= 15 is 0 Å². The first-order valence-corrected chi connectivity index (χ1v) is 19.2. The van der Waals surface area contributed by atoms with Gasteiger partial charge in [0.05, 0.1) is 37.6 Å². The van der Waals surface area contributed by atoms with E-state index in [0.717, 1.165) is 40.5 Å². The average Bonchev–Trinajstić information content (AvgIpc) is 3.16. The molecule has 0 unspecified atom stereocenters. The molecule has 4 rings (SSSR count). The summed E-state index contributed by atoms with van der Waals surface area (Å²) in [4.78, 5) is 23.7. The fourth-order valence-corrected chi connectivity index (χ4v) is 8.01. The third kappa shape index (κ3) is 13.5. The van der Waals surface area contributed by atoms with E-state index in [1.807, 2.05) is 0 Å². The van der Waals surface area contributed by atoms with Gasteiger partial charge in [0.15, 0.2) is 0 Å². The zero-order valence-electron chi connectivity index (χ0n) is 30.6. The maximum Gasteiger partial charge on any atom is 0.389 e. The number of aliphatic hydroxyl groups is 2. The van der Waals surface area contributed by atoms with Crippen LogP contribution >= 0.6 is 0 Å². The molecule has 0 atom stereocenters. The summed E-state index contributed by atoms with van der Waals surface area (Å²) in [7, 11) is 0. The summed E-state index contributed by atoms with van der Waals surface area (Å²) in [6.07, 6.45) is 9.47. The third-order valence-electron chi connectivity index (χ3n) is 11.1. The van der Waals surface area contributed by atoms with E-state index in [4.69, 9.17) is 19.7 Å². The fourth-order valence-electron chi connectivity index (χ4n) is 8.01. The Balaban J connectivity index is 1.30. The summed E-state index contributed by atoms with van der Waals surface area (Å²) in [6, 6.07) is 15.4. The van der Waals surface area contributed by atoms with Crippen LogP contribution in [0.4, 0.5) is 13.2 Å². The maximum atomic E-state index is 12.5. The Morgan fingerprint density at radius 1 is 0.673 bits per heavy atom. The smallest absolute Gasteiger partial charge is 0.389 e. The minimum absolute atomic E-state index is 0.0301. The van der Waals surface area contributed by atoms with Crippen LogP contribution in [0.25, 0.3) is 11.1 Å². The van der Waals surface area contributed by atoms with E-state index in [1.165, 1.54) is 56.9 Å². The molecule has 0 spiro atoms. The first kappa shape index (κ1) is 41.3. The zero-order chi connectivity index (χ0) is 37.5. The number of benzene rings is 2. The molecule has 0 aliphatic heterocycles. The first-order valence-electron chi connectivity index (χ1n) is 19.2. The lowest BCUT2D eigenvalue weighted by Crippen LogP contribution is -2.25. The molecule has 0 aromatic heterocycles. The summed E-state index contributed by atoms with van der Waals surface area (Å²) in [5.41, 5.74) is 5.85. The number of alkyl halides is 3. The van der Waals surface area contributed by atoms with Gasteiger partial charge in [0.2, 0.25) is 0 Å². The van der Waals surface area contributed by atoms with Gasteiger partial charge in [-0.05, 0) is 122 Å². The molecule has 0 bridgehead atoms. The molecular formula is C43H57F3O6. The largest absolute Gasteiger partial charge is 0.462 e. The van der Waals surface area contributed by atoms with Gasteiger partial charge < -0.3 is 19.7 Å². The van der Waals surface area contributed by atoms with E-state index in [-0.39, 0.29) is 30.8 Å². The van der Waals surface area contributed by atoms with Crippen LogP contribution in [0.3, 0.4) is 0 Å². The van der Waals surface area contributed by atoms with Crippen molar-refractivity contribution in [1.82, 2.24) is 0 Å². The molecule has 9 heteroatoms. The summed E-state index contributed by atoms with van der Waals surface area (Å²) in [5.74, 6) is 1.48. The number of halogens is 3. The Morgan fingerprint density at radius 2 is 1.17 bits per heavy atom. The van der Waals surface area contributed by atoms with Crippen LogP contribution in [0, 0.1) is 17.8 Å². The average molecular weight is 727 g/mol.